The molecule has 1 aromatic carbocycles. The third-order valence-electron chi connectivity index (χ3n) is 3.38. The Labute approximate surface area is 157 Å². The molecule has 0 fully saturated rings. The second-order valence-electron chi connectivity index (χ2n) is 8.20. The van der Waals surface area contributed by atoms with E-state index in [0.717, 1.165) is 36.8 Å². The molecular weight excluding hydrogens is 364 g/mol. The number of ether oxygens (including phenoxy) is 2. The van der Waals surface area contributed by atoms with Crippen LogP contribution in [0.15, 0.2) is 18.2 Å². The van der Waals surface area contributed by atoms with Gasteiger partial charge in [-0.2, -0.15) is 0 Å². The van der Waals surface area contributed by atoms with Crippen LogP contribution in [0.4, 0.5) is 0 Å². The average Bonchev–Trinajstić information content (AvgIpc) is 2.48. The van der Waals surface area contributed by atoms with E-state index >= 15 is 0 Å². The summed E-state index contributed by atoms with van der Waals surface area (Å²) in [5.41, 5.74) is 1.28. The fourth-order valence-corrected chi connectivity index (χ4v) is 9.80. The molecule has 0 saturated heterocycles. The van der Waals surface area contributed by atoms with Crippen molar-refractivity contribution in [1.29, 1.82) is 0 Å². The van der Waals surface area contributed by atoms with Gasteiger partial charge < -0.3 is 17.7 Å². The minimum Gasteiger partial charge on any atom is -0.493 e. The highest BCUT2D eigenvalue weighted by molar-refractivity contribution is 6.81. The molecule has 1 radical (unpaired) electrons. The number of hydrogen-bond donors (Lipinski definition) is 0. The average molecular weight is 400 g/mol. The first-order valence-corrected chi connectivity index (χ1v) is 17.3. The predicted molar refractivity (Wildman–Crippen MR) is 112 cm³/mol. The Morgan fingerprint density at radius 3 is 1.84 bits per heavy atom. The molecule has 0 amide bonds. The van der Waals surface area contributed by atoms with Crippen LogP contribution >= 0.6 is 0 Å². The normalized spacial score (nSPS) is 12.5. The van der Waals surface area contributed by atoms with Crippen molar-refractivity contribution in [3.63, 3.8) is 0 Å². The lowest BCUT2D eigenvalue weighted by Gasteiger charge is -2.29. The molecule has 0 N–H and O–H groups in total. The molecular formula is C18H35O4Si3. The molecule has 0 atom stereocenters. The molecule has 1 aromatic rings. The first-order chi connectivity index (χ1) is 11.5. The van der Waals surface area contributed by atoms with E-state index in [-0.39, 0.29) is 0 Å². The van der Waals surface area contributed by atoms with Crippen molar-refractivity contribution in [2.45, 2.75) is 64.6 Å². The van der Waals surface area contributed by atoms with Gasteiger partial charge in [-0.1, -0.05) is 12.5 Å². The molecule has 25 heavy (non-hydrogen) atoms. The summed E-state index contributed by atoms with van der Waals surface area (Å²) in [6.07, 6.45) is 3.31. The maximum atomic E-state index is 6.35. The third kappa shape index (κ3) is 9.60. The molecule has 143 valence electrons. The van der Waals surface area contributed by atoms with Gasteiger partial charge in [0.1, 0.15) is 0 Å². The lowest BCUT2D eigenvalue weighted by molar-refractivity contribution is 0.354. The van der Waals surface area contributed by atoms with Gasteiger partial charge in [-0.05, 0) is 75.9 Å². The number of aryl methyl sites for hydroxylation is 1. The van der Waals surface area contributed by atoms with Crippen molar-refractivity contribution in [2.75, 3.05) is 14.2 Å². The monoisotopic (exact) mass is 399 g/mol. The van der Waals surface area contributed by atoms with Crippen LogP contribution in [0.2, 0.25) is 45.3 Å². The van der Waals surface area contributed by atoms with Crippen LogP contribution in [0.3, 0.4) is 0 Å². The van der Waals surface area contributed by atoms with Gasteiger partial charge in [-0.3, -0.25) is 0 Å². The zero-order chi connectivity index (χ0) is 19.1. The Hall–Kier alpha value is -0.609. The maximum absolute atomic E-state index is 6.35. The molecule has 0 heterocycles. The zero-order valence-corrected chi connectivity index (χ0v) is 20.2. The maximum Gasteiger partial charge on any atom is 0.362 e. The van der Waals surface area contributed by atoms with Gasteiger partial charge in [-0.15, -0.1) is 0 Å². The lowest BCUT2D eigenvalue weighted by atomic mass is 10.1. The van der Waals surface area contributed by atoms with E-state index in [4.69, 9.17) is 17.7 Å². The number of methoxy groups -OCH3 is 2. The molecule has 0 aliphatic heterocycles. The lowest BCUT2D eigenvalue weighted by Crippen LogP contribution is -2.43. The summed E-state index contributed by atoms with van der Waals surface area (Å²) in [6, 6.07) is 7.23. The van der Waals surface area contributed by atoms with Crippen LogP contribution in [-0.2, 0) is 14.7 Å². The molecule has 0 aliphatic rings. The van der Waals surface area contributed by atoms with Crippen molar-refractivity contribution in [2.24, 2.45) is 0 Å². The molecule has 4 nitrogen and oxygen atoms in total. The van der Waals surface area contributed by atoms with Gasteiger partial charge >= 0.3 is 9.28 Å². The summed E-state index contributed by atoms with van der Waals surface area (Å²) in [6.45, 7) is 13.5. The van der Waals surface area contributed by atoms with E-state index < -0.39 is 25.9 Å². The minimum atomic E-state index is -1.56. The van der Waals surface area contributed by atoms with Crippen molar-refractivity contribution >= 4 is 25.9 Å². The fourth-order valence-electron chi connectivity index (χ4n) is 2.44. The largest absolute Gasteiger partial charge is 0.493 e. The van der Waals surface area contributed by atoms with Gasteiger partial charge in [0.2, 0.25) is 0 Å². The van der Waals surface area contributed by atoms with Crippen molar-refractivity contribution in [3.05, 3.63) is 23.8 Å². The molecule has 0 spiro atoms. The topological polar surface area (TPSA) is 36.9 Å². The summed E-state index contributed by atoms with van der Waals surface area (Å²) in [4.78, 5) is 0. The smallest absolute Gasteiger partial charge is 0.362 e. The van der Waals surface area contributed by atoms with E-state index in [1.807, 2.05) is 6.07 Å². The molecule has 0 unspecified atom stereocenters. The molecule has 0 aliphatic carbocycles. The van der Waals surface area contributed by atoms with Crippen LogP contribution < -0.4 is 9.47 Å². The van der Waals surface area contributed by atoms with Crippen LogP contribution in [0.5, 0.6) is 11.5 Å². The molecule has 0 aromatic heterocycles. The van der Waals surface area contributed by atoms with E-state index in [9.17, 15) is 0 Å². The van der Waals surface area contributed by atoms with Crippen molar-refractivity contribution in [1.82, 2.24) is 0 Å². The number of rotatable bonds is 11. The Kier molecular flexibility index (Phi) is 8.90. The van der Waals surface area contributed by atoms with Crippen molar-refractivity contribution < 1.29 is 17.7 Å². The highest BCUT2D eigenvalue weighted by Crippen LogP contribution is 2.28. The van der Waals surface area contributed by atoms with Crippen LogP contribution in [0.25, 0.3) is 0 Å². The van der Waals surface area contributed by atoms with Gasteiger partial charge in [0.15, 0.2) is 28.1 Å². The first-order valence-electron chi connectivity index (χ1n) is 8.99. The van der Waals surface area contributed by atoms with Gasteiger partial charge in [0.05, 0.1) is 14.2 Å². The summed E-state index contributed by atoms with van der Waals surface area (Å²) in [5, 5.41) is 0. The summed E-state index contributed by atoms with van der Waals surface area (Å²) < 4.78 is 23.4. The summed E-state index contributed by atoms with van der Waals surface area (Å²) in [5.74, 6) is 1.58. The van der Waals surface area contributed by atoms with Crippen LogP contribution in [0.1, 0.15) is 18.4 Å². The predicted octanol–water partition coefficient (Wildman–Crippen LogP) is 5.22. The summed E-state index contributed by atoms with van der Waals surface area (Å²) in [7, 11) is -0.925. The number of hydrogen-bond acceptors (Lipinski definition) is 4. The Bertz CT molecular complexity index is 508. The van der Waals surface area contributed by atoms with E-state index in [1.165, 1.54) is 5.56 Å². The molecule has 0 saturated carbocycles. The Balaban J connectivity index is 2.53. The molecule has 1 rings (SSSR count). The third-order valence-corrected chi connectivity index (χ3v) is 10.9. The first kappa shape index (κ1) is 22.4. The van der Waals surface area contributed by atoms with E-state index in [1.54, 1.807) is 14.2 Å². The van der Waals surface area contributed by atoms with Gasteiger partial charge in [-0.25, -0.2) is 0 Å². The van der Waals surface area contributed by atoms with E-state index in [0.29, 0.717) is 0 Å². The number of unbranched alkanes of at least 4 members (excludes halogenated alkanes) is 1. The molecule has 0 bridgehead atoms. The number of benzene rings is 1. The molecule has 7 heteroatoms. The minimum absolute atomic E-state index is 0.781. The Morgan fingerprint density at radius 2 is 1.36 bits per heavy atom. The highest BCUT2D eigenvalue weighted by atomic mass is 28.4. The van der Waals surface area contributed by atoms with Gasteiger partial charge in [0.25, 0.3) is 0 Å². The van der Waals surface area contributed by atoms with Crippen molar-refractivity contribution in [3.8, 4) is 11.5 Å². The van der Waals surface area contributed by atoms with Gasteiger partial charge in [0, 0.05) is 0 Å². The second-order valence-corrected chi connectivity index (χ2v) is 19.5. The second kappa shape index (κ2) is 9.92. The summed E-state index contributed by atoms with van der Waals surface area (Å²) >= 11 is 0. The SMILES string of the molecule is COc1ccc(CCCC[Si](O[Si](C)(C)C)O[Si](C)(C)C)cc1OC. The fraction of sp³-hybridized carbons (Fsp3) is 0.667. The highest BCUT2D eigenvalue weighted by Gasteiger charge is 2.29. The Morgan fingerprint density at radius 1 is 0.800 bits per heavy atom. The standard InChI is InChI=1S/C18H35O4Si3/c1-19-17-13-12-16(15-18(17)20-2)11-9-10-14-23(21-24(3,4)5)22-25(6,7)8/h12-13,15H,9-11,14H2,1-8H3. The van der Waals surface area contributed by atoms with Crippen LogP contribution in [0, 0.1) is 0 Å². The zero-order valence-electron chi connectivity index (χ0n) is 17.2. The quantitative estimate of drug-likeness (QED) is 0.378. The van der Waals surface area contributed by atoms with E-state index in [2.05, 4.69) is 51.4 Å². The van der Waals surface area contributed by atoms with Crippen LogP contribution in [-0.4, -0.2) is 40.1 Å².